The lowest BCUT2D eigenvalue weighted by Gasteiger charge is -2.15. The van der Waals surface area contributed by atoms with Crippen LogP contribution in [0.5, 0.6) is 11.6 Å². The van der Waals surface area contributed by atoms with E-state index in [0.29, 0.717) is 29.5 Å². The number of pyridine rings is 1. The number of aryl methyl sites for hydroxylation is 1. The Morgan fingerprint density at radius 3 is 2.92 bits per heavy atom. The fourth-order valence-corrected chi connectivity index (χ4v) is 2.38. The first-order valence-corrected chi connectivity index (χ1v) is 8.63. The highest BCUT2D eigenvalue weighted by molar-refractivity contribution is 5.94. The van der Waals surface area contributed by atoms with Crippen LogP contribution in [-0.4, -0.2) is 23.6 Å². The van der Waals surface area contributed by atoms with Gasteiger partial charge in [-0.15, -0.1) is 0 Å². The van der Waals surface area contributed by atoms with Crippen molar-refractivity contribution in [3.05, 3.63) is 47.7 Å². The third kappa shape index (κ3) is 4.58. The second-order valence-electron chi connectivity index (χ2n) is 6.45. The van der Waals surface area contributed by atoms with Crippen LogP contribution in [0.3, 0.4) is 0 Å². The minimum atomic E-state index is -0.488. The summed E-state index contributed by atoms with van der Waals surface area (Å²) in [5.74, 6) is 1.26. The van der Waals surface area contributed by atoms with E-state index in [1.165, 1.54) is 12.8 Å². The van der Waals surface area contributed by atoms with Crippen molar-refractivity contribution in [2.24, 2.45) is 5.92 Å². The molecule has 3 rings (SSSR count). The molecule has 1 heterocycles. The normalized spacial score (nSPS) is 14.3. The fourth-order valence-electron chi connectivity index (χ4n) is 2.38. The van der Waals surface area contributed by atoms with E-state index in [2.05, 4.69) is 10.3 Å². The highest BCUT2D eigenvalue weighted by Gasteiger charge is 2.24. The maximum atomic E-state index is 12.2. The van der Waals surface area contributed by atoms with Crippen LogP contribution in [-0.2, 0) is 9.53 Å². The van der Waals surface area contributed by atoms with Crippen molar-refractivity contribution < 1.29 is 14.3 Å². The summed E-state index contributed by atoms with van der Waals surface area (Å²) in [6.45, 7) is 4.28. The Hall–Kier alpha value is -2.91. The molecule has 1 aliphatic carbocycles. The van der Waals surface area contributed by atoms with Gasteiger partial charge in [0.1, 0.15) is 23.5 Å². The van der Waals surface area contributed by atoms with Crippen LogP contribution in [0.25, 0.3) is 0 Å². The second-order valence-corrected chi connectivity index (χ2v) is 6.45. The number of nitrogens with one attached hydrogen (secondary N) is 1. The first kappa shape index (κ1) is 17.9. The molecule has 0 spiro atoms. The smallest absolute Gasteiger partial charge is 0.253 e. The largest absolute Gasteiger partial charge is 0.438 e. The molecule has 0 radical (unpaired) electrons. The van der Waals surface area contributed by atoms with Gasteiger partial charge in [-0.1, -0.05) is 0 Å². The van der Waals surface area contributed by atoms with E-state index in [1.807, 2.05) is 13.0 Å². The molecular formula is C20H21N3O3. The van der Waals surface area contributed by atoms with Crippen molar-refractivity contribution in [1.82, 2.24) is 4.98 Å². The summed E-state index contributed by atoms with van der Waals surface area (Å²) in [6, 6.07) is 10.7. The van der Waals surface area contributed by atoms with Gasteiger partial charge in [-0.3, -0.25) is 4.79 Å². The molecule has 26 heavy (non-hydrogen) atoms. The maximum absolute atomic E-state index is 12.2. The Kier molecular flexibility index (Phi) is 5.49. The van der Waals surface area contributed by atoms with Gasteiger partial charge in [0.15, 0.2) is 0 Å². The van der Waals surface area contributed by atoms with Gasteiger partial charge in [0.2, 0.25) is 5.88 Å². The van der Waals surface area contributed by atoms with Gasteiger partial charge in [0.05, 0.1) is 6.61 Å². The van der Waals surface area contributed by atoms with Crippen molar-refractivity contribution in [3.8, 4) is 17.7 Å². The molecule has 6 nitrogen and oxygen atoms in total. The highest BCUT2D eigenvalue weighted by Crippen LogP contribution is 2.29. The summed E-state index contributed by atoms with van der Waals surface area (Å²) in [7, 11) is 0. The molecule has 1 atom stereocenters. The number of benzene rings is 1. The van der Waals surface area contributed by atoms with E-state index in [4.69, 9.17) is 14.7 Å². The van der Waals surface area contributed by atoms with Gasteiger partial charge in [-0.05, 0) is 68.5 Å². The van der Waals surface area contributed by atoms with Gasteiger partial charge in [0.25, 0.3) is 5.91 Å². The quantitative estimate of drug-likeness (QED) is 0.820. The SMILES string of the molecule is Cc1cc(Oc2ncccc2C#N)ccc1NC(=O)C(C)OCC1CC1. The first-order chi connectivity index (χ1) is 12.6. The van der Waals surface area contributed by atoms with Crippen LogP contribution in [0.1, 0.15) is 30.9 Å². The minimum absolute atomic E-state index is 0.168. The lowest BCUT2D eigenvalue weighted by Crippen LogP contribution is -2.28. The van der Waals surface area contributed by atoms with Crippen LogP contribution in [0.15, 0.2) is 36.5 Å². The topological polar surface area (TPSA) is 84.2 Å². The predicted octanol–water partition coefficient (Wildman–Crippen LogP) is 3.81. The van der Waals surface area contributed by atoms with Gasteiger partial charge >= 0.3 is 0 Å². The van der Waals surface area contributed by atoms with Gasteiger partial charge in [-0.2, -0.15) is 5.26 Å². The number of hydrogen-bond donors (Lipinski definition) is 1. The standard InChI is InChI=1S/C20H21N3O3/c1-13-10-17(26-20-16(11-21)4-3-9-22-20)7-8-18(13)23-19(24)14(2)25-12-15-5-6-15/h3-4,7-10,14-15H,5-6,12H2,1-2H3,(H,23,24). The third-order valence-electron chi connectivity index (χ3n) is 4.21. The van der Waals surface area contributed by atoms with Crippen molar-refractivity contribution in [3.63, 3.8) is 0 Å². The maximum Gasteiger partial charge on any atom is 0.253 e. The van der Waals surface area contributed by atoms with Gasteiger partial charge in [0, 0.05) is 11.9 Å². The number of amides is 1. The minimum Gasteiger partial charge on any atom is -0.438 e. The van der Waals surface area contributed by atoms with E-state index < -0.39 is 6.10 Å². The number of nitriles is 1. The average molecular weight is 351 g/mol. The lowest BCUT2D eigenvalue weighted by molar-refractivity contribution is -0.126. The summed E-state index contributed by atoms with van der Waals surface area (Å²) >= 11 is 0. The molecule has 2 aromatic rings. The van der Waals surface area contributed by atoms with E-state index in [-0.39, 0.29) is 11.8 Å². The predicted molar refractivity (Wildman–Crippen MR) is 97.0 cm³/mol. The molecular weight excluding hydrogens is 330 g/mol. The molecule has 1 fully saturated rings. The van der Waals surface area contributed by atoms with E-state index >= 15 is 0 Å². The van der Waals surface area contributed by atoms with Crippen LogP contribution in [0, 0.1) is 24.2 Å². The van der Waals surface area contributed by atoms with Gasteiger partial charge < -0.3 is 14.8 Å². The molecule has 6 heteroatoms. The number of rotatable bonds is 7. The molecule has 1 unspecified atom stereocenters. The Balaban J connectivity index is 1.63. The van der Waals surface area contributed by atoms with Crippen LogP contribution >= 0.6 is 0 Å². The average Bonchev–Trinajstić information content (AvgIpc) is 3.46. The summed E-state index contributed by atoms with van der Waals surface area (Å²) in [4.78, 5) is 16.3. The van der Waals surface area contributed by atoms with Crippen molar-refractivity contribution in [1.29, 1.82) is 5.26 Å². The zero-order valence-electron chi connectivity index (χ0n) is 14.9. The Morgan fingerprint density at radius 2 is 2.23 bits per heavy atom. The zero-order valence-corrected chi connectivity index (χ0v) is 14.9. The Morgan fingerprint density at radius 1 is 1.42 bits per heavy atom. The number of carbonyl (C=O) groups excluding carboxylic acids is 1. The molecule has 1 aromatic heterocycles. The summed E-state index contributed by atoms with van der Waals surface area (Å²) in [6.07, 6.45) is 3.47. The van der Waals surface area contributed by atoms with Crippen LogP contribution in [0.2, 0.25) is 0 Å². The molecule has 1 aliphatic rings. The van der Waals surface area contributed by atoms with E-state index in [9.17, 15) is 4.79 Å². The molecule has 0 bridgehead atoms. The zero-order chi connectivity index (χ0) is 18.5. The lowest BCUT2D eigenvalue weighted by atomic mass is 10.2. The van der Waals surface area contributed by atoms with Gasteiger partial charge in [-0.25, -0.2) is 4.98 Å². The number of aromatic nitrogens is 1. The fraction of sp³-hybridized carbons (Fsp3) is 0.350. The van der Waals surface area contributed by atoms with E-state index in [1.54, 1.807) is 43.5 Å². The second kappa shape index (κ2) is 7.98. The number of hydrogen-bond acceptors (Lipinski definition) is 5. The molecule has 0 saturated heterocycles. The molecule has 0 aliphatic heterocycles. The van der Waals surface area contributed by atoms with Crippen molar-refractivity contribution in [2.45, 2.75) is 32.8 Å². The summed E-state index contributed by atoms with van der Waals surface area (Å²) < 4.78 is 11.3. The van der Waals surface area contributed by atoms with Crippen molar-refractivity contribution >= 4 is 11.6 Å². The number of carbonyl (C=O) groups is 1. The highest BCUT2D eigenvalue weighted by atomic mass is 16.5. The molecule has 1 amide bonds. The number of anilines is 1. The number of nitrogens with zero attached hydrogens (tertiary/aromatic N) is 2. The molecule has 1 saturated carbocycles. The molecule has 1 N–H and O–H groups in total. The summed E-state index contributed by atoms with van der Waals surface area (Å²) in [5, 5.41) is 12.0. The Bertz CT molecular complexity index is 840. The third-order valence-corrected chi connectivity index (χ3v) is 4.21. The summed E-state index contributed by atoms with van der Waals surface area (Å²) in [5.41, 5.74) is 1.91. The molecule has 134 valence electrons. The van der Waals surface area contributed by atoms with Crippen molar-refractivity contribution in [2.75, 3.05) is 11.9 Å². The Labute approximate surface area is 152 Å². The monoisotopic (exact) mass is 351 g/mol. The van der Waals surface area contributed by atoms with Crippen LogP contribution in [0.4, 0.5) is 5.69 Å². The first-order valence-electron chi connectivity index (χ1n) is 8.63. The number of ether oxygens (including phenoxy) is 2. The molecule has 1 aromatic carbocycles. The van der Waals surface area contributed by atoms with E-state index in [0.717, 1.165) is 5.56 Å². The van der Waals surface area contributed by atoms with Crippen LogP contribution < -0.4 is 10.1 Å².